The lowest BCUT2D eigenvalue weighted by Gasteiger charge is -2.47. The Bertz CT molecular complexity index is 265. The highest BCUT2D eigenvalue weighted by Crippen LogP contribution is 2.43. The Balaban J connectivity index is 2.91. The zero-order valence-electron chi connectivity index (χ0n) is 9.42. The molecule has 3 nitrogen and oxygen atoms in total. The summed E-state index contributed by atoms with van der Waals surface area (Å²) in [5, 5.41) is 19.5. The molecule has 1 heterocycles. The van der Waals surface area contributed by atoms with Crippen LogP contribution in [0.3, 0.4) is 0 Å². The summed E-state index contributed by atoms with van der Waals surface area (Å²) in [5.41, 5.74) is -1.97. The fourth-order valence-corrected chi connectivity index (χ4v) is 1.98. The average Bonchev–Trinajstić information content (AvgIpc) is 2.01. The second kappa shape index (κ2) is 3.22. The molecule has 0 spiro atoms. The maximum atomic E-state index is 10.4. The van der Waals surface area contributed by atoms with Gasteiger partial charge in [0.2, 0.25) is 0 Å². The molecule has 14 heavy (non-hydrogen) atoms. The Morgan fingerprint density at radius 1 is 1.43 bits per heavy atom. The highest BCUT2D eigenvalue weighted by atomic mass is 16.5. The number of nitriles is 1. The molecule has 1 unspecified atom stereocenters. The van der Waals surface area contributed by atoms with Gasteiger partial charge in [-0.3, -0.25) is 0 Å². The first-order valence-electron chi connectivity index (χ1n) is 5.00. The van der Waals surface area contributed by atoms with Gasteiger partial charge in [0.05, 0.1) is 29.3 Å². The van der Waals surface area contributed by atoms with Gasteiger partial charge in [-0.05, 0) is 27.7 Å². The third-order valence-corrected chi connectivity index (χ3v) is 3.17. The third kappa shape index (κ3) is 1.92. The summed E-state index contributed by atoms with van der Waals surface area (Å²) in [7, 11) is 0. The van der Waals surface area contributed by atoms with Crippen molar-refractivity contribution in [2.24, 2.45) is 5.41 Å². The topological polar surface area (TPSA) is 53.2 Å². The van der Waals surface area contributed by atoms with Gasteiger partial charge in [-0.1, -0.05) is 0 Å². The van der Waals surface area contributed by atoms with E-state index in [1.54, 1.807) is 13.8 Å². The molecule has 1 saturated heterocycles. The largest absolute Gasteiger partial charge is 0.388 e. The van der Waals surface area contributed by atoms with Gasteiger partial charge in [0.1, 0.15) is 0 Å². The minimum Gasteiger partial charge on any atom is -0.388 e. The molecule has 0 radical (unpaired) electrons. The summed E-state index contributed by atoms with van der Waals surface area (Å²) < 4.78 is 5.53. The lowest BCUT2D eigenvalue weighted by molar-refractivity contribution is -0.175. The SMILES string of the molecule is CC1(C)CC(O)(C(C)(C)C#N)CCO1. The molecule has 80 valence electrons. The maximum absolute atomic E-state index is 10.4. The second-order valence-electron chi connectivity index (χ2n) is 5.30. The van der Waals surface area contributed by atoms with Gasteiger partial charge in [-0.15, -0.1) is 0 Å². The summed E-state index contributed by atoms with van der Waals surface area (Å²) in [4.78, 5) is 0. The van der Waals surface area contributed by atoms with Gasteiger partial charge < -0.3 is 9.84 Å². The molecular weight excluding hydrogens is 178 g/mol. The van der Waals surface area contributed by atoms with E-state index < -0.39 is 11.0 Å². The van der Waals surface area contributed by atoms with E-state index in [1.807, 2.05) is 13.8 Å². The van der Waals surface area contributed by atoms with Crippen LogP contribution >= 0.6 is 0 Å². The van der Waals surface area contributed by atoms with Crippen LogP contribution in [-0.2, 0) is 4.74 Å². The minimum absolute atomic E-state index is 0.332. The lowest BCUT2D eigenvalue weighted by Crippen LogP contribution is -2.53. The van der Waals surface area contributed by atoms with Crippen molar-refractivity contribution in [3.8, 4) is 6.07 Å². The van der Waals surface area contributed by atoms with Gasteiger partial charge in [0, 0.05) is 12.8 Å². The van der Waals surface area contributed by atoms with Crippen LogP contribution in [0.5, 0.6) is 0 Å². The minimum atomic E-state index is -0.927. The molecule has 0 aliphatic carbocycles. The monoisotopic (exact) mass is 197 g/mol. The zero-order chi connectivity index (χ0) is 11.0. The van der Waals surface area contributed by atoms with E-state index >= 15 is 0 Å². The Hall–Kier alpha value is -0.590. The molecular formula is C11H19NO2. The van der Waals surface area contributed by atoms with Crippen LogP contribution in [-0.4, -0.2) is 22.9 Å². The predicted molar refractivity (Wildman–Crippen MR) is 53.6 cm³/mol. The number of nitrogens with zero attached hydrogens (tertiary/aromatic N) is 1. The molecule has 0 bridgehead atoms. The van der Waals surface area contributed by atoms with Crippen molar-refractivity contribution in [1.82, 2.24) is 0 Å². The van der Waals surface area contributed by atoms with Gasteiger partial charge in [-0.25, -0.2) is 0 Å². The first-order chi connectivity index (χ1) is 6.22. The van der Waals surface area contributed by atoms with E-state index in [2.05, 4.69) is 6.07 Å². The van der Waals surface area contributed by atoms with Crippen LogP contribution in [0.15, 0.2) is 0 Å². The first kappa shape index (κ1) is 11.5. The Morgan fingerprint density at radius 2 is 2.00 bits per heavy atom. The third-order valence-electron chi connectivity index (χ3n) is 3.17. The number of hydrogen-bond acceptors (Lipinski definition) is 3. The highest BCUT2D eigenvalue weighted by molar-refractivity contribution is 5.09. The molecule has 1 atom stereocenters. The number of ether oxygens (including phenoxy) is 1. The summed E-state index contributed by atoms with van der Waals surface area (Å²) in [6.45, 7) is 7.99. The smallest absolute Gasteiger partial charge is 0.0876 e. The summed E-state index contributed by atoms with van der Waals surface area (Å²) in [6, 6.07) is 2.18. The molecule has 0 amide bonds. The van der Waals surface area contributed by atoms with E-state index in [9.17, 15) is 5.11 Å². The molecule has 1 rings (SSSR count). The van der Waals surface area contributed by atoms with Crippen molar-refractivity contribution in [2.75, 3.05) is 6.61 Å². The fourth-order valence-electron chi connectivity index (χ4n) is 1.98. The summed E-state index contributed by atoms with van der Waals surface area (Å²) >= 11 is 0. The van der Waals surface area contributed by atoms with Gasteiger partial charge in [-0.2, -0.15) is 5.26 Å². The first-order valence-corrected chi connectivity index (χ1v) is 5.00. The van der Waals surface area contributed by atoms with E-state index in [4.69, 9.17) is 10.00 Å². The Morgan fingerprint density at radius 3 is 2.43 bits per heavy atom. The van der Waals surface area contributed by atoms with Gasteiger partial charge >= 0.3 is 0 Å². The van der Waals surface area contributed by atoms with Crippen LogP contribution in [0.2, 0.25) is 0 Å². The number of aliphatic hydroxyl groups is 1. The van der Waals surface area contributed by atoms with E-state index in [1.165, 1.54) is 0 Å². The van der Waals surface area contributed by atoms with Crippen LogP contribution in [0.4, 0.5) is 0 Å². The van der Waals surface area contributed by atoms with E-state index in [-0.39, 0.29) is 5.60 Å². The van der Waals surface area contributed by atoms with Crippen LogP contribution in [0.25, 0.3) is 0 Å². The van der Waals surface area contributed by atoms with Crippen molar-refractivity contribution in [2.45, 2.75) is 51.7 Å². The molecule has 0 aromatic rings. The van der Waals surface area contributed by atoms with Crippen LogP contribution < -0.4 is 0 Å². The molecule has 1 aliphatic heterocycles. The van der Waals surface area contributed by atoms with Crippen LogP contribution in [0, 0.1) is 16.7 Å². The van der Waals surface area contributed by atoms with Gasteiger partial charge in [0.15, 0.2) is 0 Å². The molecule has 3 heteroatoms. The molecule has 1 aliphatic rings. The van der Waals surface area contributed by atoms with Crippen molar-refractivity contribution >= 4 is 0 Å². The Kier molecular flexibility index (Phi) is 2.64. The zero-order valence-corrected chi connectivity index (χ0v) is 9.42. The van der Waals surface area contributed by atoms with Crippen molar-refractivity contribution < 1.29 is 9.84 Å². The van der Waals surface area contributed by atoms with Crippen molar-refractivity contribution in [1.29, 1.82) is 5.26 Å². The van der Waals surface area contributed by atoms with Gasteiger partial charge in [0.25, 0.3) is 0 Å². The second-order valence-corrected chi connectivity index (χ2v) is 5.30. The fraction of sp³-hybridized carbons (Fsp3) is 0.909. The average molecular weight is 197 g/mol. The van der Waals surface area contributed by atoms with Crippen LogP contribution in [0.1, 0.15) is 40.5 Å². The lowest BCUT2D eigenvalue weighted by atomic mass is 9.68. The van der Waals surface area contributed by atoms with E-state index in [0.717, 1.165) is 0 Å². The summed E-state index contributed by atoms with van der Waals surface area (Å²) in [5.74, 6) is 0. The maximum Gasteiger partial charge on any atom is 0.0876 e. The Labute approximate surface area is 85.7 Å². The standard InChI is InChI=1S/C11H19NO2/c1-9(2,8-12)11(13)5-6-14-10(3,4)7-11/h13H,5-7H2,1-4H3. The normalized spacial score (nSPS) is 32.3. The molecule has 0 aromatic heterocycles. The quantitative estimate of drug-likeness (QED) is 0.698. The number of hydrogen-bond donors (Lipinski definition) is 1. The number of rotatable bonds is 1. The molecule has 1 fully saturated rings. The predicted octanol–water partition coefficient (Wildman–Crippen LogP) is 1.86. The highest BCUT2D eigenvalue weighted by Gasteiger charge is 2.49. The van der Waals surface area contributed by atoms with Crippen molar-refractivity contribution in [3.63, 3.8) is 0 Å². The van der Waals surface area contributed by atoms with E-state index in [0.29, 0.717) is 19.4 Å². The summed E-state index contributed by atoms with van der Waals surface area (Å²) in [6.07, 6.45) is 1.05. The van der Waals surface area contributed by atoms with Crippen molar-refractivity contribution in [3.05, 3.63) is 0 Å². The molecule has 0 saturated carbocycles. The molecule has 0 aromatic carbocycles. The molecule has 1 N–H and O–H groups in total.